The number of nitrogens with one attached hydrogen (secondary N) is 1. The number of nitrogens with zero attached hydrogens (tertiary/aromatic N) is 3. The van der Waals surface area contributed by atoms with Crippen LogP contribution in [-0.4, -0.2) is 53.4 Å². The number of morpholine rings is 1. The van der Waals surface area contributed by atoms with Crippen LogP contribution in [0.2, 0.25) is 0 Å². The van der Waals surface area contributed by atoms with Crippen molar-refractivity contribution in [3.63, 3.8) is 0 Å². The molecule has 0 saturated carbocycles. The van der Waals surface area contributed by atoms with Crippen LogP contribution in [0.4, 0.5) is 9.18 Å². The Kier molecular flexibility index (Phi) is 5.60. The molecular formula is C17H21FN4O3. The molecule has 1 saturated heterocycles. The fraction of sp³-hybridized carbons (Fsp3) is 0.471. The molecule has 0 aliphatic carbocycles. The third kappa shape index (κ3) is 4.54. The molecule has 2 heterocycles. The Balaban J connectivity index is 1.43. The summed E-state index contributed by atoms with van der Waals surface area (Å²) in [5, 5.41) is 6.79. The van der Waals surface area contributed by atoms with Crippen LogP contribution in [0, 0.1) is 5.82 Å². The normalized spacial score (nSPS) is 17.5. The molecule has 0 unspecified atom stereocenters. The smallest absolute Gasteiger partial charge is 0.317 e. The van der Waals surface area contributed by atoms with Gasteiger partial charge in [-0.15, -0.1) is 0 Å². The van der Waals surface area contributed by atoms with E-state index in [1.165, 1.54) is 12.1 Å². The monoisotopic (exact) mass is 348 g/mol. The molecule has 1 aliphatic rings. The van der Waals surface area contributed by atoms with E-state index in [9.17, 15) is 9.18 Å². The Bertz CT molecular complexity index is 704. The summed E-state index contributed by atoms with van der Waals surface area (Å²) in [5.74, 6) is 0.618. The summed E-state index contributed by atoms with van der Waals surface area (Å²) in [4.78, 5) is 18.2. The fourth-order valence-corrected chi connectivity index (χ4v) is 2.64. The molecule has 1 N–H and O–H groups in total. The largest absolute Gasteiger partial charge is 0.377 e. The maximum atomic E-state index is 12.9. The van der Waals surface area contributed by atoms with Gasteiger partial charge in [-0.25, -0.2) is 9.18 Å². The lowest BCUT2D eigenvalue weighted by atomic mass is 10.2. The Hall–Kier alpha value is -2.48. The molecule has 0 radical (unpaired) electrons. The summed E-state index contributed by atoms with van der Waals surface area (Å²) >= 11 is 0. The second-order valence-electron chi connectivity index (χ2n) is 5.97. The SMILES string of the molecule is C[C@@H]1COCCN1C(=O)NCCCc1nc(-c2ccc(F)cc2)no1. The molecule has 2 aromatic rings. The summed E-state index contributed by atoms with van der Waals surface area (Å²) in [5.41, 5.74) is 0.700. The van der Waals surface area contributed by atoms with E-state index in [2.05, 4.69) is 15.5 Å². The van der Waals surface area contributed by atoms with E-state index in [4.69, 9.17) is 9.26 Å². The number of rotatable bonds is 5. The van der Waals surface area contributed by atoms with E-state index in [0.29, 0.717) is 56.4 Å². The first-order valence-corrected chi connectivity index (χ1v) is 8.34. The van der Waals surface area contributed by atoms with Crippen LogP contribution in [0.3, 0.4) is 0 Å². The van der Waals surface area contributed by atoms with Crippen LogP contribution in [0.1, 0.15) is 19.2 Å². The van der Waals surface area contributed by atoms with Gasteiger partial charge in [0.05, 0.1) is 19.3 Å². The molecule has 7 nitrogen and oxygen atoms in total. The van der Waals surface area contributed by atoms with Crippen LogP contribution in [0.5, 0.6) is 0 Å². The minimum absolute atomic E-state index is 0.0756. The molecule has 1 aromatic heterocycles. The molecule has 0 spiro atoms. The number of aromatic nitrogens is 2. The fourth-order valence-electron chi connectivity index (χ4n) is 2.64. The number of ether oxygens (including phenoxy) is 1. The van der Waals surface area contributed by atoms with Crippen LogP contribution in [0.25, 0.3) is 11.4 Å². The summed E-state index contributed by atoms with van der Waals surface area (Å²) in [7, 11) is 0. The first-order valence-electron chi connectivity index (χ1n) is 8.34. The van der Waals surface area contributed by atoms with Gasteiger partial charge < -0.3 is 19.5 Å². The average Bonchev–Trinajstić information content (AvgIpc) is 3.08. The van der Waals surface area contributed by atoms with Gasteiger partial charge >= 0.3 is 6.03 Å². The first kappa shape index (κ1) is 17.3. The van der Waals surface area contributed by atoms with Gasteiger partial charge in [0, 0.05) is 25.1 Å². The van der Waals surface area contributed by atoms with Crippen LogP contribution >= 0.6 is 0 Å². The van der Waals surface area contributed by atoms with Crippen molar-refractivity contribution in [1.82, 2.24) is 20.4 Å². The summed E-state index contributed by atoms with van der Waals surface area (Å²) in [6.45, 7) is 4.25. The highest BCUT2D eigenvalue weighted by Crippen LogP contribution is 2.16. The van der Waals surface area contributed by atoms with E-state index in [0.717, 1.165) is 0 Å². The molecule has 1 aliphatic heterocycles. The Morgan fingerprint density at radius 1 is 1.40 bits per heavy atom. The van der Waals surface area contributed by atoms with Crippen molar-refractivity contribution >= 4 is 6.03 Å². The second-order valence-corrected chi connectivity index (χ2v) is 5.97. The van der Waals surface area contributed by atoms with E-state index in [-0.39, 0.29) is 17.9 Å². The van der Waals surface area contributed by atoms with Gasteiger partial charge in [0.2, 0.25) is 11.7 Å². The standard InChI is InChI=1S/C17H21FN4O3/c1-12-11-24-10-9-22(12)17(23)19-8-2-3-15-20-16(21-25-15)13-4-6-14(18)7-5-13/h4-7,12H,2-3,8-11H2,1H3,(H,19,23)/t12-/m1/s1. The predicted octanol–water partition coefficient (Wildman–Crippen LogP) is 2.24. The van der Waals surface area contributed by atoms with E-state index >= 15 is 0 Å². The number of aryl methyl sites for hydroxylation is 1. The maximum absolute atomic E-state index is 12.9. The van der Waals surface area contributed by atoms with Crippen molar-refractivity contribution in [2.75, 3.05) is 26.3 Å². The zero-order valence-corrected chi connectivity index (χ0v) is 14.1. The lowest BCUT2D eigenvalue weighted by Crippen LogP contribution is -2.51. The summed E-state index contributed by atoms with van der Waals surface area (Å²) < 4.78 is 23.4. The number of carbonyl (C=O) groups is 1. The molecule has 1 fully saturated rings. The summed E-state index contributed by atoms with van der Waals surface area (Å²) in [6, 6.07) is 5.93. The summed E-state index contributed by atoms with van der Waals surface area (Å²) in [6.07, 6.45) is 1.25. The molecule has 8 heteroatoms. The average molecular weight is 348 g/mol. The van der Waals surface area contributed by atoms with Gasteiger partial charge in [-0.05, 0) is 37.6 Å². The zero-order chi connectivity index (χ0) is 17.6. The molecule has 134 valence electrons. The van der Waals surface area contributed by atoms with Crippen molar-refractivity contribution < 1.29 is 18.4 Å². The van der Waals surface area contributed by atoms with Crippen LogP contribution < -0.4 is 5.32 Å². The number of hydrogen-bond donors (Lipinski definition) is 1. The molecule has 2 amide bonds. The number of halogens is 1. The second kappa shape index (κ2) is 8.06. The minimum atomic E-state index is -0.308. The Labute approximate surface area is 145 Å². The third-order valence-electron chi connectivity index (χ3n) is 4.04. The van der Waals surface area contributed by atoms with Gasteiger partial charge in [-0.1, -0.05) is 5.16 Å². The zero-order valence-electron chi connectivity index (χ0n) is 14.1. The van der Waals surface area contributed by atoms with Crippen molar-refractivity contribution in [1.29, 1.82) is 0 Å². The van der Waals surface area contributed by atoms with E-state index in [1.54, 1.807) is 17.0 Å². The highest BCUT2D eigenvalue weighted by Gasteiger charge is 2.23. The number of hydrogen-bond acceptors (Lipinski definition) is 5. The highest BCUT2D eigenvalue weighted by molar-refractivity contribution is 5.74. The number of amides is 2. The molecule has 25 heavy (non-hydrogen) atoms. The number of carbonyl (C=O) groups excluding carboxylic acids is 1. The van der Waals surface area contributed by atoms with Gasteiger partial charge in [0.1, 0.15) is 5.82 Å². The van der Waals surface area contributed by atoms with E-state index < -0.39 is 0 Å². The molecule has 1 atom stereocenters. The third-order valence-corrected chi connectivity index (χ3v) is 4.04. The van der Waals surface area contributed by atoms with Gasteiger partial charge in [0.25, 0.3) is 0 Å². The molecular weight excluding hydrogens is 327 g/mol. The first-order chi connectivity index (χ1) is 12.1. The van der Waals surface area contributed by atoms with Crippen molar-refractivity contribution in [3.8, 4) is 11.4 Å². The highest BCUT2D eigenvalue weighted by atomic mass is 19.1. The number of benzene rings is 1. The molecule has 1 aromatic carbocycles. The van der Waals surface area contributed by atoms with Crippen LogP contribution in [-0.2, 0) is 11.2 Å². The van der Waals surface area contributed by atoms with Crippen molar-refractivity contribution in [2.45, 2.75) is 25.8 Å². The topological polar surface area (TPSA) is 80.5 Å². The lowest BCUT2D eigenvalue weighted by molar-refractivity contribution is 0.0191. The number of urea groups is 1. The van der Waals surface area contributed by atoms with Crippen LogP contribution in [0.15, 0.2) is 28.8 Å². The van der Waals surface area contributed by atoms with Crippen molar-refractivity contribution in [3.05, 3.63) is 36.0 Å². The minimum Gasteiger partial charge on any atom is -0.377 e. The van der Waals surface area contributed by atoms with Gasteiger partial charge in [0.15, 0.2) is 0 Å². The molecule has 3 rings (SSSR count). The maximum Gasteiger partial charge on any atom is 0.317 e. The Morgan fingerprint density at radius 3 is 2.96 bits per heavy atom. The Morgan fingerprint density at radius 2 is 2.20 bits per heavy atom. The van der Waals surface area contributed by atoms with Gasteiger partial charge in [-0.3, -0.25) is 0 Å². The van der Waals surface area contributed by atoms with E-state index in [1.807, 2.05) is 6.92 Å². The molecule has 0 bridgehead atoms. The quantitative estimate of drug-likeness (QED) is 0.838. The predicted molar refractivity (Wildman–Crippen MR) is 88.4 cm³/mol. The lowest BCUT2D eigenvalue weighted by Gasteiger charge is -2.33. The van der Waals surface area contributed by atoms with Crippen molar-refractivity contribution in [2.24, 2.45) is 0 Å². The van der Waals surface area contributed by atoms with Gasteiger partial charge in [-0.2, -0.15) is 4.98 Å².